The number of carbonyl (C=O) groups excluding carboxylic acids is 1. The number of esters is 1. The van der Waals surface area contributed by atoms with Crippen LogP contribution in [-0.4, -0.2) is 30.0 Å². The fourth-order valence-corrected chi connectivity index (χ4v) is 1.53. The Morgan fingerprint density at radius 1 is 1.91 bits per heavy atom. The molecule has 4 nitrogen and oxygen atoms in total. The maximum Gasteiger partial charge on any atom is 0.322 e. The van der Waals surface area contributed by atoms with Gasteiger partial charge in [0.25, 0.3) is 0 Å². The lowest BCUT2D eigenvalue weighted by atomic mass is 10.4. The Kier molecular flexibility index (Phi) is 2.76. The Morgan fingerprint density at radius 2 is 2.64 bits per heavy atom. The molecule has 0 aliphatic carbocycles. The van der Waals surface area contributed by atoms with Gasteiger partial charge in [0.2, 0.25) is 0 Å². The molecule has 0 aromatic heterocycles. The molecule has 5 heteroatoms. The molecule has 1 unspecified atom stereocenters. The van der Waals surface area contributed by atoms with E-state index in [4.69, 9.17) is 4.84 Å². The minimum atomic E-state index is -0.260. The van der Waals surface area contributed by atoms with E-state index in [1.54, 1.807) is 6.92 Å². The fourth-order valence-electron chi connectivity index (χ4n) is 0.705. The highest BCUT2D eigenvalue weighted by Gasteiger charge is 2.24. The first-order valence-electron chi connectivity index (χ1n) is 3.15. The monoisotopic (exact) mass is 175 g/mol. The summed E-state index contributed by atoms with van der Waals surface area (Å²) in [7, 11) is 1.37. The van der Waals surface area contributed by atoms with Gasteiger partial charge in [0.05, 0.1) is 7.11 Å². The van der Waals surface area contributed by atoms with Crippen molar-refractivity contribution in [1.29, 1.82) is 0 Å². The molecule has 0 aromatic carbocycles. The molecule has 0 fully saturated rings. The van der Waals surface area contributed by atoms with Crippen LogP contribution >= 0.6 is 11.8 Å². The van der Waals surface area contributed by atoms with Crippen molar-refractivity contribution in [1.82, 2.24) is 0 Å². The molecule has 0 bridgehead atoms. The van der Waals surface area contributed by atoms with E-state index in [2.05, 4.69) is 9.89 Å². The SMILES string of the molecule is COC(=O)C1CON=C(C)S1. The van der Waals surface area contributed by atoms with Gasteiger partial charge in [-0.05, 0) is 6.92 Å². The van der Waals surface area contributed by atoms with E-state index in [0.29, 0.717) is 6.61 Å². The number of hydrogen-bond donors (Lipinski definition) is 0. The van der Waals surface area contributed by atoms with Crippen molar-refractivity contribution in [3.05, 3.63) is 0 Å². The topological polar surface area (TPSA) is 47.9 Å². The van der Waals surface area contributed by atoms with Gasteiger partial charge in [-0.1, -0.05) is 16.9 Å². The van der Waals surface area contributed by atoms with Crippen molar-refractivity contribution >= 4 is 22.8 Å². The van der Waals surface area contributed by atoms with Crippen molar-refractivity contribution < 1.29 is 14.4 Å². The quantitative estimate of drug-likeness (QED) is 0.548. The smallest absolute Gasteiger partial charge is 0.322 e. The lowest BCUT2D eigenvalue weighted by molar-refractivity contribution is -0.141. The van der Waals surface area contributed by atoms with Crippen molar-refractivity contribution in [2.45, 2.75) is 12.2 Å². The zero-order valence-corrected chi connectivity index (χ0v) is 7.18. The molecule has 0 saturated heterocycles. The normalized spacial score (nSPS) is 23.5. The van der Waals surface area contributed by atoms with Crippen molar-refractivity contribution in [3.8, 4) is 0 Å². The van der Waals surface area contributed by atoms with Gasteiger partial charge in [-0.3, -0.25) is 4.79 Å². The van der Waals surface area contributed by atoms with E-state index < -0.39 is 0 Å². The zero-order chi connectivity index (χ0) is 8.27. The highest BCUT2D eigenvalue weighted by Crippen LogP contribution is 2.19. The van der Waals surface area contributed by atoms with Crippen LogP contribution in [0.25, 0.3) is 0 Å². The minimum absolute atomic E-state index is 0.252. The number of thioether (sulfide) groups is 1. The van der Waals surface area contributed by atoms with Crippen molar-refractivity contribution in [2.24, 2.45) is 5.16 Å². The zero-order valence-electron chi connectivity index (χ0n) is 6.36. The van der Waals surface area contributed by atoms with E-state index in [1.165, 1.54) is 18.9 Å². The van der Waals surface area contributed by atoms with Gasteiger partial charge in [-0.25, -0.2) is 0 Å². The molecule has 0 spiro atoms. The summed E-state index contributed by atoms with van der Waals surface area (Å²) in [5.74, 6) is -0.260. The van der Waals surface area contributed by atoms with E-state index in [1.807, 2.05) is 0 Å². The second-order valence-electron chi connectivity index (χ2n) is 2.04. The number of hydrogen-bond acceptors (Lipinski definition) is 5. The van der Waals surface area contributed by atoms with E-state index in [-0.39, 0.29) is 11.2 Å². The molecule has 1 atom stereocenters. The molecule has 0 aromatic rings. The van der Waals surface area contributed by atoms with Crippen LogP contribution in [0.3, 0.4) is 0 Å². The maximum absolute atomic E-state index is 10.9. The lowest BCUT2D eigenvalue weighted by Gasteiger charge is -2.16. The molecular formula is C6H9NO3S. The lowest BCUT2D eigenvalue weighted by Crippen LogP contribution is -2.27. The second kappa shape index (κ2) is 3.61. The highest BCUT2D eigenvalue weighted by atomic mass is 32.2. The molecule has 1 heterocycles. The summed E-state index contributed by atoms with van der Waals surface area (Å²) < 4.78 is 4.54. The largest absolute Gasteiger partial charge is 0.468 e. The minimum Gasteiger partial charge on any atom is -0.468 e. The van der Waals surface area contributed by atoms with E-state index in [9.17, 15) is 4.79 Å². The van der Waals surface area contributed by atoms with Gasteiger partial charge in [0.1, 0.15) is 16.9 Å². The number of rotatable bonds is 1. The number of carbonyl (C=O) groups is 1. The van der Waals surface area contributed by atoms with Crippen LogP contribution in [0.2, 0.25) is 0 Å². The summed E-state index contributed by atoms with van der Waals surface area (Å²) in [6, 6.07) is 0. The Balaban J connectivity index is 2.50. The molecule has 11 heavy (non-hydrogen) atoms. The molecule has 0 N–H and O–H groups in total. The summed E-state index contributed by atoms with van der Waals surface area (Å²) >= 11 is 1.37. The molecule has 0 radical (unpaired) electrons. The maximum atomic E-state index is 10.9. The molecular weight excluding hydrogens is 166 g/mol. The fraction of sp³-hybridized carbons (Fsp3) is 0.667. The first-order chi connectivity index (χ1) is 5.24. The van der Waals surface area contributed by atoms with Gasteiger partial charge in [-0.15, -0.1) is 0 Å². The van der Waals surface area contributed by atoms with Crippen LogP contribution in [0, 0.1) is 0 Å². The number of nitrogens with zero attached hydrogens (tertiary/aromatic N) is 1. The van der Waals surface area contributed by atoms with Gasteiger partial charge in [0, 0.05) is 0 Å². The van der Waals surface area contributed by atoms with Gasteiger partial charge in [-0.2, -0.15) is 0 Å². The number of ether oxygens (including phenoxy) is 1. The molecule has 0 amide bonds. The summed E-state index contributed by atoms with van der Waals surface area (Å²) in [4.78, 5) is 15.7. The van der Waals surface area contributed by atoms with Crippen LogP contribution < -0.4 is 0 Å². The molecule has 1 aliphatic heterocycles. The third kappa shape index (κ3) is 2.11. The van der Waals surface area contributed by atoms with E-state index in [0.717, 1.165) is 5.04 Å². The van der Waals surface area contributed by atoms with Crippen LogP contribution in [0.4, 0.5) is 0 Å². The molecule has 1 aliphatic rings. The van der Waals surface area contributed by atoms with Gasteiger partial charge < -0.3 is 9.57 Å². The number of methoxy groups -OCH3 is 1. The average molecular weight is 175 g/mol. The summed E-state index contributed by atoms with van der Waals surface area (Å²) in [6.45, 7) is 2.09. The van der Waals surface area contributed by atoms with Gasteiger partial charge in [0.15, 0.2) is 0 Å². The average Bonchev–Trinajstić information content (AvgIpc) is 2.03. The predicted molar refractivity (Wildman–Crippen MR) is 42.5 cm³/mol. The summed E-state index contributed by atoms with van der Waals surface area (Å²) in [5.41, 5.74) is 0. The first kappa shape index (κ1) is 8.39. The number of oxime groups is 1. The van der Waals surface area contributed by atoms with E-state index >= 15 is 0 Å². The van der Waals surface area contributed by atoms with Crippen molar-refractivity contribution in [2.75, 3.05) is 13.7 Å². The Labute approximate surface area is 68.9 Å². The third-order valence-corrected chi connectivity index (χ3v) is 2.22. The third-order valence-electron chi connectivity index (χ3n) is 1.20. The van der Waals surface area contributed by atoms with Crippen molar-refractivity contribution in [3.63, 3.8) is 0 Å². The van der Waals surface area contributed by atoms with Crippen LogP contribution in [0.1, 0.15) is 6.92 Å². The Bertz CT molecular complexity index is 192. The molecule has 0 saturated carbocycles. The first-order valence-corrected chi connectivity index (χ1v) is 4.03. The summed E-state index contributed by atoms with van der Waals surface area (Å²) in [5, 5.41) is 4.17. The second-order valence-corrected chi connectivity index (χ2v) is 3.43. The van der Waals surface area contributed by atoms with Gasteiger partial charge >= 0.3 is 5.97 Å². The van der Waals surface area contributed by atoms with Crippen LogP contribution in [-0.2, 0) is 14.4 Å². The summed E-state index contributed by atoms with van der Waals surface area (Å²) in [6.07, 6.45) is 0. The highest BCUT2D eigenvalue weighted by molar-refractivity contribution is 8.15. The van der Waals surface area contributed by atoms with Crippen LogP contribution in [0.15, 0.2) is 5.16 Å². The molecule has 1 rings (SSSR count). The molecule has 62 valence electrons. The Hall–Kier alpha value is -0.710. The Morgan fingerprint density at radius 3 is 3.18 bits per heavy atom. The standard InChI is InChI=1S/C6H9NO3S/c1-4-7-10-3-5(11-4)6(8)9-2/h5H,3H2,1-2H3. The van der Waals surface area contributed by atoms with Crippen LogP contribution in [0.5, 0.6) is 0 Å². The predicted octanol–water partition coefficient (Wildman–Crippen LogP) is 0.625.